The standard InChI is InChI=1S/C22H27ClO2S/c1-15(2)16(3)6-7-17(4)18(5)22-24-12-21(13-25-22)26-14-19-8-10-20(23)11-9-19/h8-11,21-22H,12-14H2,1-5H3. The maximum absolute atomic E-state index is 5.93. The van der Waals surface area contributed by atoms with E-state index in [2.05, 4.69) is 37.8 Å². The van der Waals surface area contributed by atoms with E-state index in [0.717, 1.165) is 27.5 Å². The summed E-state index contributed by atoms with van der Waals surface area (Å²) in [4.78, 5) is 0. The zero-order chi connectivity index (χ0) is 19.1. The Bertz CT molecular complexity index is 726. The Hall–Kier alpha value is -1.18. The van der Waals surface area contributed by atoms with E-state index < -0.39 is 0 Å². The zero-order valence-corrected chi connectivity index (χ0v) is 17.8. The Balaban J connectivity index is 1.86. The molecule has 0 radical (unpaired) electrons. The summed E-state index contributed by atoms with van der Waals surface area (Å²) in [6.07, 6.45) is -0.288. The SMILES string of the molecule is CC(C)=C(C)C#CC(C)=C(C)C1OCC(SCc2ccc(Cl)cc2)CO1. The van der Waals surface area contributed by atoms with Crippen LogP contribution in [0.5, 0.6) is 0 Å². The normalized spacial score (nSPS) is 20.7. The van der Waals surface area contributed by atoms with E-state index >= 15 is 0 Å². The molecule has 1 fully saturated rings. The lowest BCUT2D eigenvalue weighted by atomic mass is 10.1. The lowest BCUT2D eigenvalue weighted by Gasteiger charge is -2.30. The van der Waals surface area contributed by atoms with E-state index in [0.29, 0.717) is 18.5 Å². The van der Waals surface area contributed by atoms with E-state index in [9.17, 15) is 0 Å². The number of hydrogen-bond donors (Lipinski definition) is 0. The topological polar surface area (TPSA) is 18.5 Å². The van der Waals surface area contributed by atoms with Gasteiger partial charge in [-0.05, 0) is 63.5 Å². The predicted molar refractivity (Wildman–Crippen MR) is 112 cm³/mol. The van der Waals surface area contributed by atoms with Crippen LogP contribution in [0.1, 0.15) is 40.2 Å². The van der Waals surface area contributed by atoms with Crippen molar-refractivity contribution >= 4 is 23.4 Å². The molecule has 140 valence electrons. The summed E-state index contributed by atoms with van der Waals surface area (Å²) in [5.74, 6) is 7.35. The minimum Gasteiger partial charge on any atom is -0.347 e. The van der Waals surface area contributed by atoms with Crippen LogP contribution in [-0.4, -0.2) is 24.8 Å². The number of benzene rings is 1. The molecular formula is C22H27ClO2S. The minimum atomic E-state index is -0.288. The van der Waals surface area contributed by atoms with Gasteiger partial charge in [0.1, 0.15) is 0 Å². The molecule has 0 saturated carbocycles. The predicted octanol–water partition coefficient (Wildman–Crippen LogP) is 6.01. The molecule has 4 heteroatoms. The van der Waals surface area contributed by atoms with Gasteiger partial charge in [-0.1, -0.05) is 41.1 Å². The molecule has 1 heterocycles. The highest BCUT2D eigenvalue weighted by atomic mass is 35.5. The largest absolute Gasteiger partial charge is 0.347 e. The lowest BCUT2D eigenvalue weighted by Crippen LogP contribution is -2.34. The molecule has 2 nitrogen and oxygen atoms in total. The molecule has 2 rings (SSSR count). The average Bonchev–Trinajstić information content (AvgIpc) is 2.65. The van der Waals surface area contributed by atoms with Crippen molar-refractivity contribution in [3.63, 3.8) is 0 Å². The molecule has 0 N–H and O–H groups in total. The molecular weight excluding hydrogens is 364 g/mol. The van der Waals surface area contributed by atoms with Crippen LogP contribution < -0.4 is 0 Å². The van der Waals surface area contributed by atoms with Crippen LogP contribution in [-0.2, 0) is 15.2 Å². The monoisotopic (exact) mass is 390 g/mol. The van der Waals surface area contributed by atoms with E-state index in [1.165, 1.54) is 11.1 Å². The third-order valence-corrected chi connectivity index (χ3v) is 5.89. The van der Waals surface area contributed by atoms with Crippen LogP contribution in [0.4, 0.5) is 0 Å². The highest BCUT2D eigenvalue weighted by Gasteiger charge is 2.24. The Labute approximate surface area is 167 Å². The summed E-state index contributed by atoms with van der Waals surface area (Å²) in [5.41, 5.74) is 5.69. The van der Waals surface area contributed by atoms with Crippen LogP contribution in [0.25, 0.3) is 0 Å². The average molecular weight is 391 g/mol. The summed E-state index contributed by atoms with van der Waals surface area (Å²) in [6, 6.07) is 7.98. The summed E-state index contributed by atoms with van der Waals surface area (Å²) in [7, 11) is 0. The number of ether oxygens (including phenoxy) is 2. The summed E-state index contributed by atoms with van der Waals surface area (Å²) >= 11 is 7.78. The molecule has 0 aromatic heterocycles. The van der Waals surface area contributed by atoms with Gasteiger partial charge >= 0.3 is 0 Å². The molecule has 0 atom stereocenters. The summed E-state index contributed by atoms with van der Waals surface area (Å²) < 4.78 is 11.9. The van der Waals surface area contributed by atoms with Crippen molar-refractivity contribution in [3.05, 3.63) is 57.1 Å². The molecule has 0 amide bonds. The van der Waals surface area contributed by atoms with Crippen molar-refractivity contribution < 1.29 is 9.47 Å². The van der Waals surface area contributed by atoms with Gasteiger partial charge in [0.25, 0.3) is 0 Å². The Kier molecular flexibility index (Phi) is 8.31. The maximum atomic E-state index is 5.93. The first-order chi connectivity index (χ1) is 12.4. The fraction of sp³-hybridized carbons (Fsp3) is 0.455. The molecule has 1 aromatic rings. The maximum Gasteiger partial charge on any atom is 0.180 e. The zero-order valence-electron chi connectivity index (χ0n) is 16.2. The van der Waals surface area contributed by atoms with Gasteiger partial charge in [-0.25, -0.2) is 0 Å². The third-order valence-electron chi connectivity index (χ3n) is 4.40. The van der Waals surface area contributed by atoms with E-state index in [4.69, 9.17) is 21.1 Å². The van der Waals surface area contributed by atoms with Crippen LogP contribution in [0.2, 0.25) is 5.02 Å². The van der Waals surface area contributed by atoms with Gasteiger partial charge in [0.2, 0.25) is 0 Å². The molecule has 1 saturated heterocycles. The molecule has 1 aromatic carbocycles. The number of halogens is 1. The van der Waals surface area contributed by atoms with Gasteiger partial charge in [0.15, 0.2) is 6.29 Å². The first-order valence-corrected chi connectivity index (χ1v) is 10.2. The number of allylic oxidation sites excluding steroid dienone is 3. The van der Waals surface area contributed by atoms with Gasteiger partial charge in [0.05, 0.1) is 18.5 Å². The van der Waals surface area contributed by atoms with Crippen LogP contribution in [0, 0.1) is 11.8 Å². The molecule has 0 unspecified atom stereocenters. The first kappa shape index (κ1) is 21.1. The van der Waals surface area contributed by atoms with Crippen molar-refractivity contribution in [2.45, 2.75) is 51.9 Å². The molecule has 26 heavy (non-hydrogen) atoms. The van der Waals surface area contributed by atoms with E-state index in [1.54, 1.807) is 0 Å². The van der Waals surface area contributed by atoms with Gasteiger partial charge in [-0.3, -0.25) is 0 Å². The van der Waals surface area contributed by atoms with Gasteiger partial charge in [0, 0.05) is 16.3 Å². The molecule has 0 aliphatic carbocycles. The van der Waals surface area contributed by atoms with Crippen LogP contribution in [0.3, 0.4) is 0 Å². The fourth-order valence-electron chi connectivity index (χ4n) is 2.21. The van der Waals surface area contributed by atoms with Crippen molar-refractivity contribution in [2.75, 3.05) is 13.2 Å². The van der Waals surface area contributed by atoms with E-state index in [1.807, 2.05) is 44.7 Å². The Morgan fingerprint density at radius 2 is 1.58 bits per heavy atom. The first-order valence-electron chi connectivity index (χ1n) is 8.79. The second kappa shape index (κ2) is 10.2. The second-order valence-electron chi connectivity index (χ2n) is 6.74. The summed E-state index contributed by atoms with van der Waals surface area (Å²) in [6.45, 7) is 11.6. The summed E-state index contributed by atoms with van der Waals surface area (Å²) in [5, 5.41) is 1.11. The van der Waals surface area contributed by atoms with Gasteiger partial charge in [-0.15, -0.1) is 11.8 Å². The minimum absolute atomic E-state index is 0.288. The van der Waals surface area contributed by atoms with E-state index in [-0.39, 0.29) is 6.29 Å². The molecule has 0 bridgehead atoms. The number of hydrogen-bond acceptors (Lipinski definition) is 3. The van der Waals surface area contributed by atoms with Crippen molar-refractivity contribution in [2.24, 2.45) is 0 Å². The smallest absolute Gasteiger partial charge is 0.180 e. The quantitative estimate of drug-likeness (QED) is 0.586. The number of thioether (sulfide) groups is 1. The number of rotatable bonds is 4. The lowest BCUT2D eigenvalue weighted by molar-refractivity contribution is -0.153. The Morgan fingerprint density at radius 1 is 1.00 bits per heavy atom. The molecule has 1 aliphatic heterocycles. The molecule has 1 aliphatic rings. The van der Waals surface area contributed by atoms with Gasteiger partial charge < -0.3 is 9.47 Å². The van der Waals surface area contributed by atoms with Crippen LogP contribution in [0.15, 0.2) is 46.6 Å². The van der Waals surface area contributed by atoms with Crippen molar-refractivity contribution in [3.8, 4) is 11.8 Å². The fourth-order valence-corrected chi connectivity index (χ4v) is 3.31. The highest BCUT2D eigenvalue weighted by Crippen LogP contribution is 2.26. The third kappa shape index (κ3) is 6.52. The van der Waals surface area contributed by atoms with Crippen LogP contribution >= 0.6 is 23.4 Å². The van der Waals surface area contributed by atoms with Crippen molar-refractivity contribution in [1.82, 2.24) is 0 Å². The molecule has 0 spiro atoms. The van der Waals surface area contributed by atoms with Crippen molar-refractivity contribution in [1.29, 1.82) is 0 Å². The highest BCUT2D eigenvalue weighted by molar-refractivity contribution is 7.99. The van der Waals surface area contributed by atoms with Gasteiger partial charge in [-0.2, -0.15) is 0 Å². The second-order valence-corrected chi connectivity index (χ2v) is 8.47. The Morgan fingerprint density at radius 3 is 2.15 bits per heavy atom.